The van der Waals surface area contributed by atoms with E-state index in [-0.39, 0.29) is 11.6 Å². The number of pyridine rings is 1. The van der Waals surface area contributed by atoms with Crippen molar-refractivity contribution in [2.24, 2.45) is 0 Å². The fourth-order valence-electron chi connectivity index (χ4n) is 1.98. The Morgan fingerprint density at radius 1 is 1.53 bits per heavy atom. The predicted molar refractivity (Wildman–Crippen MR) is 73.6 cm³/mol. The molecule has 0 saturated carbocycles. The molecule has 0 radical (unpaired) electrons. The Labute approximate surface area is 116 Å². The molecule has 1 unspecified atom stereocenters. The summed E-state index contributed by atoms with van der Waals surface area (Å²) < 4.78 is 0. The first-order valence-electron chi connectivity index (χ1n) is 6.22. The zero-order valence-electron chi connectivity index (χ0n) is 10.7. The number of aromatic nitrogens is 1. The minimum Gasteiger partial charge on any atom is -0.477 e. The van der Waals surface area contributed by atoms with Crippen molar-refractivity contribution in [3.8, 4) is 0 Å². The third kappa shape index (κ3) is 3.26. The Morgan fingerprint density at radius 2 is 2.32 bits per heavy atom. The lowest BCUT2D eigenvalue weighted by atomic mass is 10.2. The highest BCUT2D eigenvalue weighted by molar-refractivity contribution is 8.00. The lowest BCUT2D eigenvalue weighted by molar-refractivity contribution is 0.0687. The number of rotatable bonds is 3. The minimum absolute atomic E-state index is 0.0443. The van der Waals surface area contributed by atoms with Gasteiger partial charge in [0.1, 0.15) is 5.69 Å². The maximum atomic E-state index is 12.3. The number of hydrogen-bond acceptors (Lipinski definition) is 4. The molecule has 102 valence electrons. The van der Waals surface area contributed by atoms with E-state index in [9.17, 15) is 9.59 Å². The van der Waals surface area contributed by atoms with Crippen LogP contribution in [0, 0.1) is 0 Å². The van der Waals surface area contributed by atoms with Crippen molar-refractivity contribution in [3.63, 3.8) is 0 Å². The summed E-state index contributed by atoms with van der Waals surface area (Å²) in [6.45, 7) is 3.61. The summed E-state index contributed by atoms with van der Waals surface area (Å²) in [5.41, 5.74) is 0.406. The zero-order valence-corrected chi connectivity index (χ0v) is 11.5. The average Bonchev–Trinajstić information content (AvgIpc) is 2.46. The van der Waals surface area contributed by atoms with Gasteiger partial charge in [0, 0.05) is 30.3 Å². The molecular formula is C13H16N2O3S. The Hall–Kier alpha value is -1.56. The molecule has 1 aliphatic heterocycles. The van der Waals surface area contributed by atoms with Crippen molar-refractivity contribution < 1.29 is 14.7 Å². The number of amides is 1. The number of nitrogens with zero attached hydrogens (tertiary/aromatic N) is 2. The third-order valence-electron chi connectivity index (χ3n) is 3.11. The van der Waals surface area contributed by atoms with Crippen molar-refractivity contribution >= 4 is 23.6 Å². The van der Waals surface area contributed by atoms with Gasteiger partial charge in [-0.05, 0) is 18.6 Å². The summed E-state index contributed by atoms with van der Waals surface area (Å²) in [5.74, 6) is -0.201. The van der Waals surface area contributed by atoms with Crippen LogP contribution in [0.2, 0.25) is 0 Å². The van der Waals surface area contributed by atoms with Crippen LogP contribution in [-0.2, 0) is 0 Å². The molecule has 1 saturated heterocycles. The molecule has 19 heavy (non-hydrogen) atoms. The normalized spacial score (nSPS) is 19.2. The van der Waals surface area contributed by atoms with Gasteiger partial charge < -0.3 is 10.0 Å². The van der Waals surface area contributed by atoms with E-state index in [0.29, 0.717) is 10.8 Å². The lowest BCUT2D eigenvalue weighted by Crippen LogP contribution is -2.41. The van der Waals surface area contributed by atoms with Crippen molar-refractivity contribution in [3.05, 3.63) is 29.6 Å². The topological polar surface area (TPSA) is 70.5 Å². The highest BCUT2D eigenvalue weighted by Gasteiger charge is 2.24. The van der Waals surface area contributed by atoms with Crippen LogP contribution < -0.4 is 0 Å². The van der Waals surface area contributed by atoms with Gasteiger partial charge in [-0.25, -0.2) is 9.78 Å². The molecule has 1 aromatic heterocycles. The zero-order chi connectivity index (χ0) is 13.8. The molecule has 2 heterocycles. The molecule has 6 heteroatoms. The number of thioether (sulfide) groups is 1. The smallest absolute Gasteiger partial charge is 0.354 e. The second kappa shape index (κ2) is 6.06. The van der Waals surface area contributed by atoms with Gasteiger partial charge in [0.15, 0.2) is 0 Å². The lowest BCUT2D eigenvalue weighted by Gasteiger charge is -2.31. The fourth-order valence-corrected chi connectivity index (χ4v) is 3.16. The highest BCUT2D eigenvalue weighted by Crippen LogP contribution is 2.22. The maximum absolute atomic E-state index is 12.3. The molecule has 0 aliphatic carbocycles. The second-order valence-corrected chi connectivity index (χ2v) is 5.80. The Morgan fingerprint density at radius 3 is 2.89 bits per heavy atom. The van der Waals surface area contributed by atoms with Gasteiger partial charge in [-0.3, -0.25) is 4.79 Å². The molecule has 0 bridgehead atoms. The highest BCUT2D eigenvalue weighted by atomic mass is 32.2. The summed E-state index contributed by atoms with van der Waals surface area (Å²) in [6.07, 6.45) is 2.39. The second-order valence-electron chi connectivity index (χ2n) is 4.39. The first-order valence-corrected chi connectivity index (χ1v) is 7.27. The molecule has 1 amide bonds. The first-order chi connectivity index (χ1) is 9.11. The summed E-state index contributed by atoms with van der Waals surface area (Å²) in [6, 6.07) is 2.90. The summed E-state index contributed by atoms with van der Waals surface area (Å²) in [7, 11) is 0. The SMILES string of the molecule is CCC1CN(C(=O)c2ccc(C(=O)O)nc2)CCS1. The van der Waals surface area contributed by atoms with Crippen LogP contribution in [0.4, 0.5) is 0 Å². The molecular weight excluding hydrogens is 264 g/mol. The van der Waals surface area contributed by atoms with Gasteiger partial charge in [-0.2, -0.15) is 11.8 Å². The van der Waals surface area contributed by atoms with Gasteiger partial charge in [0.05, 0.1) is 5.56 Å². The third-order valence-corrected chi connectivity index (χ3v) is 4.48. The van der Waals surface area contributed by atoms with Crippen molar-refractivity contribution in [1.82, 2.24) is 9.88 Å². The van der Waals surface area contributed by atoms with Crippen LogP contribution in [0.1, 0.15) is 34.2 Å². The molecule has 0 spiro atoms. The molecule has 1 N–H and O–H groups in total. The van der Waals surface area contributed by atoms with Gasteiger partial charge in [-0.1, -0.05) is 6.92 Å². The maximum Gasteiger partial charge on any atom is 0.354 e. The van der Waals surface area contributed by atoms with Gasteiger partial charge >= 0.3 is 5.97 Å². The van der Waals surface area contributed by atoms with E-state index in [1.54, 1.807) is 0 Å². The number of carbonyl (C=O) groups is 2. The number of hydrogen-bond donors (Lipinski definition) is 1. The van der Waals surface area contributed by atoms with Crippen LogP contribution in [0.15, 0.2) is 18.3 Å². The molecule has 1 fully saturated rings. The van der Waals surface area contributed by atoms with E-state index < -0.39 is 5.97 Å². The Kier molecular flexibility index (Phi) is 4.42. The first kappa shape index (κ1) is 13.9. The minimum atomic E-state index is -1.08. The van der Waals surface area contributed by atoms with E-state index in [1.165, 1.54) is 18.3 Å². The van der Waals surface area contributed by atoms with E-state index in [1.807, 2.05) is 16.7 Å². The largest absolute Gasteiger partial charge is 0.477 e. The van der Waals surface area contributed by atoms with Gasteiger partial charge in [0.2, 0.25) is 0 Å². The molecule has 0 aromatic carbocycles. The van der Waals surface area contributed by atoms with Crippen LogP contribution in [0.5, 0.6) is 0 Å². The van der Waals surface area contributed by atoms with Crippen molar-refractivity contribution in [1.29, 1.82) is 0 Å². The van der Waals surface area contributed by atoms with Gasteiger partial charge in [0.25, 0.3) is 5.91 Å². The van der Waals surface area contributed by atoms with Crippen LogP contribution in [0.3, 0.4) is 0 Å². The molecule has 1 aromatic rings. The van der Waals surface area contributed by atoms with E-state index in [2.05, 4.69) is 11.9 Å². The monoisotopic (exact) mass is 280 g/mol. The molecule has 5 nitrogen and oxygen atoms in total. The van der Waals surface area contributed by atoms with Gasteiger partial charge in [-0.15, -0.1) is 0 Å². The summed E-state index contributed by atoms with van der Waals surface area (Å²) in [4.78, 5) is 28.6. The standard InChI is InChI=1S/C13H16N2O3S/c1-2-10-8-15(5-6-19-10)12(16)9-3-4-11(13(17)18)14-7-9/h3-4,7,10H,2,5-6,8H2,1H3,(H,17,18). The van der Waals surface area contributed by atoms with Crippen LogP contribution in [0.25, 0.3) is 0 Å². The number of carboxylic acid groups (broad SMARTS) is 1. The van der Waals surface area contributed by atoms with E-state index in [0.717, 1.165) is 25.3 Å². The van der Waals surface area contributed by atoms with Crippen LogP contribution >= 0.6 is 11.8 Å². The number of carboxylic acids is 1. The molecule has 1 atom stereocenters. The van der Waals surface area contributed by atoms with Crippen LogP contribution in [-0.4, -0.2) is 51.0 Å². The fraction of sp³-hybridized carbons (Fsp3) is 0.462. The Balaban J connectivity index is 2.08. The number of carbonyl (C=O) groups excluding carboxylic acids is 1. The molecule has 2 rings (SSSR count). The van der Waals surface area contributed by atoms with Crippen molar-refractivity contribution in [2.75, 3.05) is 18.8 Å². The summed E-state index contributed by atoms with van der Waals surface area (Å²) in [5, 5.41) is 9.26. The van der Waals surface area contributed by atoms with E-state index >= 15 is 0 Å². The van der Waals surface area contributed by atoms with Crippen molar-refractivity contribution in [2.45, 2.75) is 18.6 Å². The quantitative estimate of drug-likeness (QED) is 0.913. The predicted octanol–water partition coefficient (Wildman–Crippen LogP) is 1.75. The molecule has 1 aliphatic rings. The van der Waals surface area contributed by atoms with E-state index in [4.69, 9.17) is 5.11 Å². The average molecular weight is 280 g/mol. The number of aromatic carboxylic acids is 1. The summed E-state index contributed by atoms with van der Waals surface area (Å²) >= 11 is 1.90. The Bertz CT molecular complexity index is 475.